The first-order valence-corrected chi connectivity index (χ1v) is 7.21. The minimum atomic E-state index is -0.0169. The fourth-order valence-corrected chi connectivity index (χ4v) is 3.62. The molecule has 0 saturated carbocycles. The number of fused-ring (bicyclic) bond motifs is 1. The maximum Gasteiger partial charge on any atom is 0.229 e. The Hall–Kier alpha value is -1.16. The lowest BCUT2D eigenvalue weighted by Gasteiger charge is -2.15. The number of nitrogens with one attached hydrogen (secondary N) is 2. The topological polar surface area (TPSA) is 41.1 Å². The highest BCUT2D eigenvalue weighted by Gasteiger charge is 2.29. The minimum Gasteiger partial charge on any atom is -0.384 e. The van der Waals surface area contributed by atoms with Gasteiger partial charge in [0.25, 0.3) is 0 Å². The van der Waals surface area contributed by atoms with E-state index in [0.29, 0.717) is 6.04 Å². The molecule has 17 heavy (non-hydrogen) atoms. The van der Waals surface area contributed by atoms with Crippen LogP contribution in [0.15, 0.2) is 24.3 Å². The van der Waals surface area contributed by atoms with Crippen LogP contribution < -0.4 is 10.6 Å². The van der Waals surface area contributed by atoms with E-state index in [1.165, 1.54) is 5.75 Å². The van der Waals surface area contributed by atoms with Gasteiger partial charge in [0.05, 0.1) is 5.92 Å². The van der Waals surface area contributed by atoms with Crippen LogP contribution in [-0.2, 0) is 4.79 Å². The minimum absolute atomic E-state index is 0.0169. The number of hydrogen-bond acceptors (Lipinski definition) is 3. The van der Waals surface area contributed by atoms with Crippen molar-refractivity contribution in [3.8, 4) is 0 Å². The molecule has 1 amide bonds. The molecule has 2 N–H and O–H groups in total. The lowest BCUT2D eigenvalue weighted by Crippen LogP contribution is -2.38. The molecule has 1 fully saturated rings. The summed E-state index contributed by atoms with van der Waals surface area (Å²) in [6.07, 6.45) is 1.11. The Kier molecular flexibility index (Phi) is 2.97. The summed E-state index contributed by atoms with van der Waals surface area (Å²) in [4.78, 5) is 12.2. The third kappa shape index (κ3) is 2.14. The molecule has 3 nitrogen and oxygen atoms in total. The Morgan fingerprint density at radius 1 is 1.41 bits per heavy atom. The number of hydrogen-bond donors (Lipinski definition) is 2. The summed E-state index contributed by atoms with van der Waals surface area (Å²) in [5.41, 5.74) is 2.24. The largest absolute Gasteiger partial charge is 0.384 e. The van der Waals surface area contributed by atoms with Crippen LogP contribution in [0.3, 0.4) is 0 Å². The monoisotopic (exact) mass is 248 g/mol. The maximum absolute atomic E-state index is 12.2. The molecule has 2 heterocycles. The van der Waals surface area contributed by atoms with E-state index in [4.69, 9.17) is 0 Å². The molecule has 1 aromatic rings. The molecule has 2 atom stereocenters. The summed E-state index contributed by atoms with van der Waals surface area (Å²) < 4.78 is 0. The fourth-order valence-electron chi connectivity index (χ4n) is 2.47. The van der Waals surface area contributed by atoms with Gasteiger partial charge in [-0.2, -0.15) is 11.8 Å². The molecule has 1 saturated heterocycles. The summed E-state index contributed by atoms with van der Waals surface area (Å²) in [6, 6.07) is 8.45. The van der Waals surface area contributed by atoms with Crippen molar-refractivity contribution in [1.82, 2.24) is 5.32 Å². The molecule has 4 heteroatoms. The van der Waals surface area contributed by atoms with E-state index in [-0.39, 0.29) is 11.8 Å². The van der Waals surface area contributed by atoms with Gasteiger partial charge in [0, 0.05) is 24.0 Å². The highest BCUT2D eigenvalue weighted by atomic mass is 32.2. The van der Waals surface area contributed by atoms with Crippen molar-refractivity contribution in [2.75, 3.05) is 23.4 Å². The number of thioether (sulfide) groups is 1. The summed E-state index contributed by atoms with van der Waals surface area (Å²) in [7, 11) is 0. The maximum atomic E-state index is 12.2. The van der Waals surface area contributed by atoms with Crippen LogP contribution in [0, 0.1) is 0 Å². The van der Waals surface area contributed by atoms with Crippen molar-refractivity contribution < 1.29 is 4.79 Å². The van der Waals surface area contributed by atoms with Crippen LogP contribution in [0.4, 0.5) is 5.69 Å². The van der Waals surface area contributed by atoms with Gasteiger partial charge >= 0.3 is 0 Å². The average Bonchev–Trinajstić information content (AvgIpc) is 2.96. The van der Waals surface area contributed by atoms with Crippen molar-refractivity contribution in [2.24, 2.45) is 0 Å². The van der Waals surface area contributed by atoms with Gasteiger partial charge in [-0.25, -0.2) is 0 Å². The number of carbonyl (C=O) groups is 1. The smallest absolute Gasteiger partial charge is 0.229 e. The lowest BCUT2D eigenvalue weighted by atomic mass is 10.00. The zero-order valence-corrected chi connectivity index (χ0v) is 10.4. The van der Waals surface area contributed by atoms with Gasteiger partial charge in [-0.1, -0.05) is 18.2 Å². The molecule has 0 spiro atoms. The first-order valence-electron chi connectivity index (χ1n) is 6.05. The normalized spacial score (nSPS) is 26.4. The van der Waals surface area contributed by atoms with E-state index >= 15 is 0 Å². The van der Waals surface area contributed by atoms with Crippen molar-refractivity contribution in [1.29, 1.82) is 0 Å². The molecule has 1 aromatic carbocycles. The molecule has 0 aliphatic carbocycles. The second kappa shape index (κ2) is 4.61. The van der Waals surface area contributed by atoms with Crippen molar-refractivity contribution in [2.45, 2.75) is 18.4 Å². The van der Waals surface area contributed by atoms with E-state index in [2.05, 4.69) is 10.6 Å². The molecule has 0 aromatic heterocycles. The second-order valence-electron chi connectivity index (χ2n) is 4.59. The van der Waals surface area contributed by atoms with E-state index in [9.17, 15) is 4.79 Å². The van der Waals surface area contributed by atoms with E-state index in [0.717, 1.165) is 30.0 Å². The summed E-state index contributed by atoms with van der Waals surface area (Å²) in [5.74, 6) is 2.39. The van der Waals surface area contributed by atoms with Gasteiger partial charge in [-0.3, -0.25) is 4.79 Å². The molecular weight excluding hydrogens is 232 g/mol. The molecule has 0 radical (unpaired) electrons. The van der Waals surface area contributed by atoms with Crippen LogP contribution in [0.1, 0.15) is 17.9 Å². The molecule has 90 valence electrons. The van der Waals surface area contributed by atoms with Gasteiger partial charge < -0.3 is 10.6 Å². The Balaban J connectivity index is 1.71. The first-order chi connectivity index (χ1) is 8.34. The summed E-state index contributed by atoms with van der Waals surface area (Å²) in [5, 5.41) is 6.45. The van der Waals surface area contributed by atoms with E-state index in [1.54, 1.807) is 0 Å². The zero-order chi connectivity index (χ0) is 11.7. The van der Waals surface area contributed by atoms with Crippen LogP contribution in [0.25, 0.3) is 0 Å². The van der Waals surface area contributed by atoms with Gasteiger partial charge in [-0.05, 0) is 23.8 Å². The third-order valence-corrected chi connectivity index (χ3v) is 4.59. The van der Waals surface area contributed by atoms with Crippen LogP contribution >= 0.6 is 11.8 Å². The van der Waals surface area contributed by atoms with Gasteiger partial charge in [0.1, 0.15) is 0 Å². The van der Waals surface area contributed by atoms with E-state index < -0.39 is 0 Å². The average molecular weight is 248 g/mol. The summed E-state index contributed by atoms with van der Waals surface area (Å²) >= 11 is 1.92. The number of benzene rings is 1. The van der Waals surface area contributed by atoms with E-state index in [1.807, 2.05) is 36.0 Å². The molecule has 2 unspecified atom stereocenters. The van der Waals surface area contributed by atoms with Crippen LogP contribution in [0.5, 0.6) is 0 Å². The quantitative estimate of drug-likeness (QED) is 0.839. The Labute approximate surface area is 105 Å². The zero-order valence-electron chi connectivity index (χ0n) is 9.61. The second-order valence-corrected chi connectivity index (χ2v) is 5.74. The highest BCUT2D eigenvalue weighted by molar-refractivity contribution is 7.99. The van der Waals surface area contributed by atoms with Gasteiger partial charge in [0.15, 0.2) is 0 Å². The molecule has 2 aliphatic rings. The molecule has 2 aliphatic heterocycles. The third-order valence-electron chi connectivity index (χ3n) is 3.43. The number of carbonyl (C=O) groups excluding carboxylic acids is 1. The predicted molar refractivity (Wildman–Crippen MR) is 71.5 cm³/mol. The van der Waals surface area contributed by atoms with Crippen LogP contribution in [0.2, 0.25) is 0 Å². The molecular formula is C13H16N2OS. The lowest BCUT2D eigenvalue weighted by molar-refractivity contribution is -0.122. The summed E-state index contributed by atoms with van der Waals surface area (Å²) in [6.45, 7) is 0.727. The van der Waals surface area contributed by atoms with Crippen molar-refractivity contribution >= 4 is 23.4 Å². The number of amides is 1. The van der Waals surface area contributed by atoms with Gasteiger partial charge in [0.2, 0.25) is 5.91 Å². The Morgan fingerprint density at radius 3 is 3.12 bits per heavy atom. The van der Waals surface area contributed by atoms with Crippen molar-refractivity contribution in [3.63, 3.8) is 0 Å². The number of rotatable bonds is 2. The van der Waals surface area contributed by atoms with Crippen LogP contribution in [-0.4, -0.2) is 30.0 Å². The predicted octanol–water partition coefficient (Wildman–Crippen LogP) is 1.82. The van der Waals surface area contributed by atoms with Crippen molar-refractivity contribution in [3.05, 3.63) is 29.8 Å². The fraction of sp³-hybridized carbons (Fsp3) is 0.462. The Morgan fingerprint density at radius 2 is 2.29 bits per heavy atom. The number of anilines is 1. The SMILES string of the molecule is O=C(NC1CCSC1)C1CNc2ccccc21. The number of para-hydroxylation sites is 1. The first kappa shape index (κ1) is 11.0. The Bertz CT molecular complexity index is 429. The molecule has 3 rings (SSSR count). The standard InChI is InChI=1S/C13H16N2OS/c16-13(15-9-5-6-17-8-9)11-7-14-12-4-2-1-3-10(11)12/h1-4,9,11,14H,5-8H2,(H,15,16). The molecule has 0 bridgehead atoms. The van der Waals surface area contributed by atoms with Gasteiger partial charge in [-0.15, -0.1) is 0 Å². The highest BCUT2D eigenvalue weighted by Crippen LogP contribution is 2.31.